The van der Waals surface area contributed by atoms with E-state index in [0.29, 0.717) is 27.6 Å². The smallest absolute Gasteiger partial charge is 0.274 e. The number of carbonyl (C=O) groups excluding carboxylic acids is 2. The number of carbonyl (C=O) groups is 2. The van der Waals surface area contributed by atoms with Crippen molar-refractivity contribution in [3.05, 3.63) is 94.5 Å². The standard InChI is InChI=1S/C21H17ClN2O4/c22-19-7-2-1-6-18(19)21(26)23-16-4-3-5-17(12-16)28-13-14-8-10-15(11-9-14)20(25)24-27/h1-12,27H,13H2,(H,23,26)(H,24,25). The topological polar surface area (TPSA) is 87.7 Å². The van der Waals surface area contributed by atoms with Crippen LogP contribution in [-0.2, 0) is 6.61 Å². The van der Waals surface area contributed by atoms with E-state index in [0.717, 1.165) is 5.56 Å². The highest BCUT2D eigenvalue weighted by molar-refractivity contribution is 6.34. The number of amides is 2. The largest absolute Gasteiger partial charge is 0.489 e. The third-order valence-electron chi connectivity index (χ3n) is 3.93. The van der Waals surface area contributed by atoms with Crippen LogP contribution in [-0.4, -0.2) is 17.0 Å². The van der Waals surface area contributed by atoms with Crippen LogP contribution >= 0.6 is 11.6 Å². The molecule has 0 heterocycles. The summed E-state index contributed by atoms with van der Waals surface area (Å²) in [6.07, 6.45) is 0. The highest BCUT2D eigenvalue weighted by Gasteiger charge is 2.10. The Labute approximate surface area is 166 Å². The van der Waals surface area contributed by atoms with Gasteiger partial charge in [-0.05, 0) is 42.0 Å². The van der Waals surface area contributed by atoms with E-state index < -0.39 is 5.91 Å². The van der Waals surface area contributed by atoms with Crippen LogP contribution in [0.2, 0.25) is 5.02 Å². The van der Waals surface area contributed by atoms with Crippen LogP contribution in [0.4, 0.5) is 5.69 Å². The van der Waals surface area contributed by atoms with Crippen molar-refractivity contribution < 1.29 is 19.5 Å². The number of rotatable bonds is 6. The summed E-state index contributed by atoms with van der Waals surface area (Å²) in [7, 11) is 0. The van der Waals surface area contributed by atoms with Crippen LogP contribution < -0.4 is 15.5 Å². The molecule has 142 valence electrons. The molecule has 3 aromatic rings. The maximum atomic E-state index is 12.4. The first kappa shape index (κ1) is 19.4. The Kier molecular flexibility index (Phi) is 6.26. The van der Waals surface area contributed by atoms with Gasteiger partial charge in [0, 0.05) is 17.3 Å². The lowest BCUT2D eigenvalue weighted by Gasteiger charge is -2.10. The van der Waals surface area contributed by atoms with Gasteiger partial charge in [0.25, 0.3) is 11.8 Å². The zero-order valence-corrected chi connectivity index (χ0v) is 15.4. The molecule has 0 aliphatic heterocycles. The van der Waals surface area contributed by atoms with Crippen molar-refractivity contribution in [2.45, 2.75) is 6.61 Å². The van der Waals surface area contributed by atoms with Crippen LogP contribution in [0, 0.1) is 0 Å². The number of nitrogens with one attached hydrogen (secondary N) is 2. The second-order valence-electron chi connectivity index (χ2n) is 5.89. The van der Waals surface area contributed by atoms with E-state index in [2.05, 4.69) is 5.32 Å². The zero-order valence-electron chi connectivity index (χ0n) is 14.7. The average Bonchev–Trinajstić information content (AvgIpc) is 2.72. The Hall–Kier alpha value is -3.35. The van der Waals surface area contributed by atoms with Crippen molar-refractivity contribution in [3.8, 4) is 5.75 Å². The molecule has 0 fully saturated rings. The van der Waals surface area contributed by atoms with Gasteiger partial charge in [0.2, 0.25) is 0 Å². The molecule has 3 rings (SSSR count). The van der Waals surface area contributed by atoms with Crippen LogP contribution in [0.15, 0.2) is 72.8 Å². The summed E-state index contributed by atoms with van der Waals surface area (Å²) in [5, 5.41) is 11.8. The van der Waals surface area contributed by atoms with Gasteiger partial charge in [0.05, 0.1) is 10.6 Å². The van der Waals surface area contributed by atoms with Crippen LogP contribution in [0.1, 0.15) is 26.3 Å². The lowest BCUT2D eigenvalue weighted by molar-refractivity contribution is 0.0706. The maximum absolute atomic E-state index is 12.4. The number of benzene rings is 3. The van der Waals surface area contributed by atoms with Crippen molar-refractivity contribution in [1.29, 1.82) is 0 Å². The van der Waals surface area contributed by atoms with Crippen molar-refractivity contribution in [2.24, 2.45) is 0 Å². The summed E-state index contributed by atoms with van der Waals surface area (Å²) in [6, 6.07) is 20.5. The summed E-state index contributed by atoms with van der Waals surface area (Å²) < 4.78 is 5.74. The van der Waals surface area contributed by atoms with Crippen LogP contribution in [0.5, 0.6) is 5.75 Å². The Morgan fingerprint density at radius 3 is 2.39 bits per heavy atom. The quantitative estimate of drug-likeness (QED) is 0.428. The minimum Gasteiger partial charge on any atom is -0.489 e. The second-order valence-corrected chi connectivity index (χ2v) is 6.30. The van der Waals surface area contributed by atoms with Gasteiger partial charge in [-0.25, -0.2) is 5.48 Å². The summed E-state index contributed by atoms with van der Waals surface area (Å²) in [5.41, 5.74) is 3.75. The van der Waals surface area contributed by atoms with E-state index in [4.69, 9.17) is 21.5 Å². The fourth-order valence-corrected chi connectivity index (χ4v) is 2.71. The molecule has 0 saturated carbocycles. The van der Waals surface area contributed by atoms with Gasteiger partial charge >= 0.3 is 0 Å². The zero-order chi connectivity index (χ0) is 19.9. The molecule has 0 unspecified atom stereocenters. The van der Waals surface area contributed by atoms with E-state index >= 15 is 0 Å². The predicted octanol–water partition coefficient (Wildman–Crippen LogP) is 4.29. The fraction of sp³-hybridized carbons (Fsp3) is 0.0476. The summed E-state index contributed by atoms with van der Waals surface area (Å²) >= 11 is 6.05. The van der Waals surface area contributed by atoms with E-state index in [-0.39, 0.29) is 12.5 Å². The highest BCUT2D eigenvalue weighted by Crippen LogP contribution is 2.21. The Morgan fingerprint density at radius 1 is 0.929 bits per heavy atom. The monoisotopic (exact) mass is 396 g/mol. The van der Waals surface area contributed by atoms with Gasteiger partial charge in [0.1, 0.15) is 12.4 Å². The molecule has 2 amide bonds. The third kappa shape index (κ3) is 4.88. The van der Waals surface area contributed by atoms with Gasteiger partial charge < -0.3 is 10.1 Å². The molecule has 0 bridgehead atoms. The molecule has 6 nitrogen and oxygen atoms in total. The molecule has 0 radical (unpaired) electrons. The highest BCUT2D eigenvalue weighted by atomic mass is 35.5. The van der Waals surface area contributed by atoms with Gasteiger partial charge in [-0.2, -0.15) is 0 Å². The molecule has 0 atom stereocenters. The number of hydrogen-bond acceptors (Lipinski definition) is 4. The number of hydroxylamine groups is 1. The van der Waals surface area contributed by atoms with Crippen LogP contribution in [0.3, 0.4) is 0 Å². The summed E-state index contributed by atoms with van der Waals surface area (Å²) in [6.45, 7) is 0.281. The van der Waals surface area contributed by atoms with Crippen molar-refractivity contribution >= 4 is 29.1 Å². The van der Waals surface area contributed by atoms with Gasteiger partial charge in [-0.1, -0.05) is 41.9 Å². The van der Waals surface area contributed by atoms with E-state index in [1.54, 1.807) is 78.3 Å². The Morgan fingerprint density at radius 2 is 1.68 bits per heavy atom. The molecular formula is C21H17ClN2O4. The van der Waals surface area contributed by atoms with E-state index in [9.17, 15) is 9.59 Å². The number of hydrogen-bond donors (Lipinski definition) is 3. The summed E-state index contributed by atoms with van der Waals surface area (Å²) in [5.74, 6) is -0.302. The number of halogens is 1. The number of ether oxygens (including phenoxy) is 1. The Balaban J connectivity index is 1.63. The van der Waals surface area contributed by atoms with Gasteiger partial charge in [0.15, 0.2) is 0 Å². The molecule has 0 aliphatic carbocycles. The normalized spacial score (nSPS) is 10.2. The fourth-order valence-electron chi connectivity index (χ4n) is 2.49. The van der Waals surface area contributed by atoms with Crippen LogP contribution in [0.25, 0.3) is 0 Å². The molecule has 0 spiro atoms. The molecule has 3 N–H and O–H groups in total. The maximum Gasteiger partial charge on any atom is 0.274 e. The predicted molar refractivity (Wildman–Crippen MR) is 106 cm³/mol. The minimum atomic E-state index is -0.575. The first-order valence-corrected chi connectivity index (χ1v) is 8.77. The van der Waals surface area contributed by atoms with E-state index in [1.165, 1.54) is 0 Å². The third-order valence-corrected chi connectivity index (χ3v) is 4.26. The van der Waals surface area contributed by atoms with Crippen molar-refractivity contribution in [1.82, 2.24) is 5.48 Å². The Bertz CT molecular complexity index is 990. The lowest BCUT2D eigenvalue weighted by Crippen LogP contribution is -2.18. The molecule has 0 aromatic heterocycles. The van der Waals surface area contributed by atoms with Gasteiger partial charge in [-0.15, -0.1) is 0 Å². The first-order chi connectivity index (χ1) is 13.6. The molecule has 3 aromatic carbocycles. The molecule has 28 heavy (non-hydrogen) atoms. The molecule has 7 heteroatoms. The SMILES string of the molecule is O=C(NO)c1ccc(COc2cccc(NC(=O)c3ccccc3Cl)c2)cc1. The molecule has 0 aliphatic rings. The average molecular weight is 397 g/mol. The van der Waals surface area contributed by atoms with Crippen molar-refractivity contribution in [2.75, 3.05) is 5.32 Å². The number of anilines is 1. The first-order valence-electron chi connectivity index (χ1n) is 8.39. The van der Waals surface area contributed by atoms with E-state index in [1.807, 2.05) is 0 Å². The molecule has 0 saturated heterocycles. The molecular weight excluding hydrogens is 380 g/mol. The minimum absolute atomic E-state index is 0.281. The summed E-state index contributed by atoms with van der Waals surface area (Å²) in [4.78, 5) is 23.7. The second kappa shape index (κ2) is 9.03. The van der Waals surface area contributed by atoms with Crippen molar-refractivity contribution in [3.63, 3.8) is 0 Å². The van der Waals surface area contributed by atoms with Gasteiger partial charge in [-0.3, -0.25) is 14.8 Å². The lowest BCUT2D eigenvalue weighted by atomic mass is 10.1.